The van der Waals surface area contributed by atoms with E-state index in [1.54, 1.807) is 15.9 Å². The van der Waals surface area contributed by atoms with Crippen molar-refractivity contribution in [2.24, 2.45) is 5.92 Å². The standard InChI is InChI=1S/C18H22N2O4/c1-12-6-7-15(20-9-3-5-16(20)21)14(10-12)17(22)19-8-2-4-13(11-19)18(23)24/h6-7,10,13H,2-5,8-9,11H2,1H3,(H,23,24). The van der Waals surface area contributed by atoms with Gasteiger partial charge in [-0.25, -0.2) is 0 Å². The number of carbonyl (C=O) groups is 3. The first-order valence-corrected chi connectivity index (χ1v) is 8.40. The van der Waals surface area contributed by atoms with Crippen LogP contribution in [0.3, 0.4) is 0 Å². The molecule has 0 saturated carbocycles. The zero-order valence-electron chi connectivity index (χ0n) is 13.8. The Labute approximate surface area is 141 Å². The molecule has 24 heavy (non-hydrogen) atoms. The van der Waals surface area contributed by atoms with Gasteiger partial charge in [-0.1, -0.05) is 11.6 Å². The zero-order chi connectivity index (χ0) is 17.3. The Morgan fingerprint density at radius 2 is 2.00 bits per heavy atom. The molecule has 2 fully saturated rings. The number of rotatable bonds is 3. The molecule has 1 N–H and O–H groups in total. The van der Waals surface area contributed by atoms with Crippen LogP contribution in [0.1, 0.15) is 41.6 Å². The third-order valence-corrected chi connectivity index (χ3v) is 4.80. The second-order valence-corrected chi connectivity index (χ2v) is 6.60. The van der Waals surface area contributed by atoms with Crippen LogP contribution < -0.4 is 4.90 Å². The summed E-state index contributed by atoms with van der Waals surface area (Å²) in [6, 6.07) is 5.52. The van der Waals surface area contributed by atoms with Gasteiger partial charge in [-0.15, -0.1) is 0 Å². The molecule has 3 rings (SSSR count). The first-order valence-electron chi connectivity index (χ1n) is 8.40. The highest BCUT2D eigenvalue weighted by atomic mass is 16.4. The Bertz CT molecular complexity index is 686. The molecule has 0 spiro atoms. The number of likely N-dealkylation sites (tertiary alicyclic amines) is 1. The molecule has 0 aliphatic carbocycles. The summed E-state index contributed by atoms with van der Waals surface area (Å²) in [5.41, 5.74) is 2.09. The SMILES string of the molecule is Cc1ccc(N2CCCC2=O)c(C(=O)N2CCCC(C(=O)O)C2)c1. The normalized spacial score (nSPS) is 21.2. The van der Waals surface area contributed by atoms with E-state index in [9.17, 15) is 19.5 Å². The minimum absolute atomic E-state index is 0.0370. The summed E-state index contributed by atoms with van der Waals surface area (Å²) in [7, 11) is 0. The van der Waals surface area contributed by atoms with Gasteiger partial charge in [0.2, 0.25) is 5.91 Å². The maximum Gasteiger partial charge on any atom is 0.308 e. The van der Waals surface area contributed by atoms with Crippen molar-refractivity contribution in [3.63, 3.8) is 0 Å². The minimum atomic E-state index is -0.855. The maximum absolute atomic E-state index is 13.0. The molecule has 2 amide bonds. The third-order valence-electron chi connectivity index (χ3n) is 4.80. The summed E-state index contributed by atoms with van der Waals surface area (Å²) in [4.78, 5) is 39.6. The predicted molar refractivity (Wildman–Crippen MR) is 89.0 cm³/mol. The number of anilines is 1. The van der Waals surface area contributed by atoms with Gasteiger partial charge in [-0.2, -0.15) is 0 Å². The number of carboxylic acid groups (broad SMARTS) is 1. The Morgan fingerprint density at radius 1 is 1.21 bits per heavy atom. The number of hydrogen-bond donors (Lipinski definition) is 1. The number of piperidine rings is 1. The minimum Gasteiger partial charge on any atom is -0.481 e. The van der Waals surface area contributed by atoms with Gasteiger partial charge in [0.15, 0.2) is 0 Å². The van der Waals surface area contributed by atoms with Crippen molar-refractivity contribution in [1.29, 1.82) is 0 Å². The number of aryl methyl sites for hydroxylation is 1. The van der Waals surface area contributed by atoms with E-state index in [0.717, 1.165) is 12.0 Å². The molecule has 2 heterocycles. The van der Waals surface area contributed by atoms with Crippen LogP contribution in [0.2, 0.25) is 0 Å². The molecule has 6 heteroatoms. The van der Waals surface area contributed by atoms with E-state index in [-0.39, 0.29) is 18.4 Å². The molecule has 2 aliphatic rings. The van der Waals surface area contributed by atoms with E-state index < -0.39 is 11.9 Å². The Balaban J connectivity index is 1.90. The van der Waals surface area contributed by atoms with Crippen molar-refractivity contribution in [3.05, 3.63) is 29.3 Å². The van der Waals surface area contributed by atoms with Crippen LogP contribution >= 0.6 is 0 Å². The lowest BCUT2D eigenvalue weighted by Gasteiger charge is -2.32. The number of benzene rings is 1. The van der Waals surface area contributed by atoms with Crippen LogP contribution in [0.5, 0.6) is 0 Å². The number of aliphatic carboxylic acids is 1. The van der Waals surface area contributed by atoms with Gasteiger partial charge in [0.1, 0.15) is 0 Å². The van der Waals surface area contributed by atoms with Gasteiger partial charge < -0.3 is 14.9 Å². The van der Waals surface area contributed by atoms with Crippen LogP contribution in [0.25, 0.3) is 0 Å². The molecular weight excluding hydrogens is 308 g/mol. The fraction of sp³-hybridized carbons (Fsp3) is 0.500. The highest BCUT2D eigenvalue weighted by Crippen LogP contribution is 2.29. The Kier molecular flexibility index (Phi) is 4.55. The monoisotopic (exact) mass is 330 g/mol. The fourth-order valence-corrected chi connectivity index (χ4v) is 3.49. The molecular formula is C18H22N2O4. The van der Waals surface area contributed by atoms with Crippen molar-refractivity contribution in [1.82, 2.24) is 4.90 Å². The van der Waals surface area contributed by atoms with E-state index in [4.69, 9.17) is 0 Å². The average Bonchev–Trinajstić information content (AvgIpc) is 3.00. The fourth-order valence-electron chi connectivity index (χ4n) is 3.49. The Hall–Kier alpha value is -2.37. The molecule has 1 unspecified atom stereocenters. The molecule has 6 nitrogen and oxygen atoms in total. The second-order valence-electron chi connectivity index (χ2n) is 6.60. The number of carboxylic acids is 1. The lowest BCUT2D eigenvalue weighted by Crippen LogP contribution is -2.43. The summed E-state index contributed by atoms with van der Waals surface area (Å²) in [5.74, 6) is -1.51. The maximum atomic E-state index is 13.0. The van der Waals surface area contributed by atoms with Crippen LogP contribution in [0, 0.1) is 12.8 Å². The zero-order valence-corrected chi connectivity index (χ0v) is 13.8. The van der Waals surface area contributed by atoms with Gasteiger partial charge >= 0.3 is 5.97 Å². The summed E-state index contributed by atoms with van der Waals surface area (Å²) < 4.78 is 0. The van der Waals surface area contributed by atoms with Crippen molar-refractivity contribution in [3.8, 4) is 0 Å². The summed E-state index contributed by atoms with van der Waals surface area (Å²) in [6.45, 7) is 3.32. The highest BCUT2D eigenvalue weighted by molar-refractivity contribution is 6.05. The van der Waals surface area contributed by atoms with E-state index in [1.807, 2.05) is 19.1 Å². The van der Waals surface area contributed by atoms with E-state index >= 15 is 0 Å². The number of hydrogen-bond acceptors (Lipinski definition) is 3. The quantitative estimate of drug-likeness (QED) is 0.920. The Morgan fingerprint density at radius 3 is 2.67 bits per heavy atom. The van der Waals surface area contributed by atoms with E-state index in [0.29, 0.717) is 43.6 Å². The summed E-state index contributed by atoms with van der Waals surface area (Å²) >= 11 is 0. The molecule has 128 valence electrons. The van der Waals surface area contributed by atoms with E-state index in [2.05, 4.69) is 0 Å². The van der Waals surface area contributed by atoms with Crippen LogP contribution in [-0.2, 0) is 9.59 Å². The molecule has 0 aromatic heterocycles. The first-order chi connectivity index (χ1) is 11.5. The van der Waals surface area contributed by atoms with Gasteiger partial charge in [0, 0.05) is 26.1 Å². The smallest absolute Gasteiger partial charge is 0.308 e. The van der Waals surface area contributed by atoms with Crippen molar-refractivity contribution < 1.29 is 19.5 Å². The van der Waals surface area contributed by atoms with Gasteiger partial charge in [-0.05, 0) is 38.3 Å². The number of nitrogens with zero attached hydrogens (tertiary/aromatic N) is 2. The summed E-state index contributed by atoms with van der Waals surface area (Å²) in [5, 5.41) is 9.22. The first kappa shape index (κ1) is 16.5. The molecule has 0 bridgehead atoms. The molecule has 2 saturated heterocycles. The predicted octanol–water partition coefficient (Wildman–Crippen LogP) is 2.06. The van der Waals surface area contributed by atoms with Crippen LogP contribution in [0.15, 0.2) is 18.2 Å². The molecule has 0 radical (unpaired) electrons. The largest absolute Gasteiger partial charge is 0.481 e. The third kappa shape index (κ3) is 3.13. The molecule has 1 aromatic rings. The van der Waals surface area contributed by atoms with Gasteiger partial charge in [0.05, 0.1) is 17.2 Å². The van der Waals surface area contributed by atoms with E-state index in [1.165, 1.54) is 0 Å². The second kappa shape index (κ2) is 6.63. The van der Waals surface area contributed by atoms with Crippen molar-refractivity contribution >= 4 is 23.5 Å². The molecule has 1 atom stereocenters. The lowest BCUT2D eigenvalue weighted by molar-refractivity contribution is -0.143. The molecule has 2 aliphatic heterocycles. The van der Waals surface area contributed by atoms with Crippen LogP contribution in [0.4, 0.5) is 5.69 Å². The van der Waals surface area contributed by atoms with Crippen molar-refractivity contribution in [2.75, 3.05) is 24.5 Å². The van der Waals surface area contributed by atoms with Gasteiger partial charge in [-0.3, -0.25) is 14.4 Å². The highest BCUT2D eigenvalue weighted by Gasteiger charge is 2.32. The van der Waals surface area contributed by atoms with Crippen LogP contribution in [-0.4, -0.2) is 47.4 Å². The topological polar surface area (TPSA) is 77.9 Å². The van der Waals surface area contributed by atoms with Crippen molar-refractivity contribution in [2.45, 2.75) is 32.6 Å². The average molecular weight is 330 g/mol. The molecule has 1 aromatic carbocycles. The lowest BCUT2D eigenvalue weighted by atomic mass is 9.97. The summed E-state index contributed by atoms with van der Waals surface area (Å²) in [6.07, 6.45) is 2.59. The number of amides is 2. The number of carbonyl (C=O) groups excluding carboxylic acids is 2. The van der Waals surface area contributed by atoms with Gasteiger partial charge in [0.25, 0.3) is 5.91 Å².